The Labute approximate surface area is 180 Å². The van der Waals surface area contributed by atoms with Crippen LogP contribution in [0.1, 0.15) is 35.7 Å². The number of para-hydroxylation sites is 1. The van der Waals surface area contributed by atoms with E-state index in [-0.39, 0.29) is 36.6 Å². The van der Waals surface area contributed by atoms with Gasteiger partial charge in [-0.1, -0.05) is 44.2 Å². The van der Waals surface area contributed by atoms with E-state index in [2.05, 4.69) is 13.8 Å². The molecule has 0 N–H and O–H groups in total. The lowest BCUT2D eigenvalue weighted by molar-refractivity contribution is 0.0694. The lowest BCUT2D eigenvalue weighted by atomic mass is 10.0. The maximum absolute atomic E-state index is 13.0. The molecule has 162 valence electrons. The van der Waals surface area contributed by atoms with E-state index in [1.54, 1.807) is 36.4 Å². The molecular weight excluding hydrogens is 416 g/mol. The van der Waals surface area contributed by atoms with Crippen LogP contribution in [0.15, 0.2) is 68.7 Å². The summed E-state index contributed by atoms with van der Waals surface area (Å²) in [6.45, 7) is 4.84. The summed E-state index contributed by atoms with van der Waals surface area (Å²) in [5, 5.41) is 0.663. The Kier molecular flexibility index (Phi) is 5.68. The molecule has 3 aromatic rings. The molecule has 0 saturated carbocycles. The van der Waals surface area contributed by atoms with Crippen LogP contribution in [-0.2, 0) is 10.0 Å². The Bertz CT molecular complexity index is 1270. The average Bonchev–Trinajstić information content (AvgIpc) is 2.78. The number of carbonyl (C=O) groups excluding carboxylic acids is 1. The van der Waals surface area contributed by atoms with Crippen molar-refractivity contribution in [2.24, 2.45) is 0 Å². The summed E-state index contributed by atoms with van der Waals surface area (Å²) in [4.78, 5) is 26.9. The maximum Gasteiger partial charge on any atom is 0.349 e. The lowest BCUT2D eigenvalue weighted by Crippen LogP contribution is -2.51. The van der Waals surface area contributed by atoms with E-state index in [0.717, 1.165) is 5.56 Å². The van der Waals surface area contributed by atoms with E-state index in [1.807, 2.05) is 12.1 Å². The Morgan fingerprint density at radius 3 is 2.26 bits per heavy atom. The van der Waals surface area contributed by atoms with Gasteiger partial charge in [-0.25, -0.2) is 13.2 Å². The predicted molar refractivity (Wildman–Crippen MR) is 118 cm³/mol. The van der Waals surface area contributed by atoms with E-state index in [0.29, 0.717) is 16.9 Å². The Hall–Kier alpha value is -2.97. The third-order valence-electron chi connectivity index (χ3n) is 5.58. The second-order valence-corrected chi connectivity index (χ2v) is 9.84. The van der Waals surface area contributed by atoms with Gasteiger partial charge in [0.15, 0.2) is 0 Å². The molecule has 7 nitrogen and oxygen atoms in total. The van der Waals surface area contributed by atoms with Gasteiger partial charge < -0.3 is 9.32 Å². The van der Waals surface area contributed by atoms with Crippen LogP contribution in [-0.4, -0.2) is 49.7 Å². The number of piperazine rings is 1. The zero-order valence-electron chi connectivity index (χ0n) is 17.4. The highest BCUT2D eigenvalue weighted by Gasteiger charge is 2.31. The highest BCUT2D eigenvalue weighted by Crippen LogP contribution is 2.22. The molecule has 1 saturated heterocycles. The summed E-state index contributed by atoms with van der Waals surface area (Å²) in [6.07, 6.45) is 0. The summed E-state index contributed by atoms with van der Waals surface area (Å²) in [5.74, 6) is -0.128. The van der Waals surface area contributed by atoms with E-state index in [4.69, 9.17) is 4.42 Å². The number of hydrogen-bond acceptors (Lipinski definition) is 5. The van der Waals surface area contributed by atoms with Crippen molar-refractivity contribution in [3.05, 3.63) is 76.1 Å². The van der Waals surface area contributed by atoms with Gasteiger partial charge in [-0.15, -0.1) is 0 Å². The van der Waals surface area contributed by atoms with Gasteiger partial charge in [-0.05, 0) is 35.7 Å². The molecule has 0 unspecified atom stereocenters. The van der Waals surface area contributed by atoms with Crippen LogP contribution < -0.4 is 5.63 Å². The van der Waals surface area contributed by atoms with Crippen LogP contribution in [0, 0.1) is 0 Å². The van der Waals surface area contributed by atoms with Gasteiger partial charge >= 0.3 is 5.63 Å². The van der Waals surface area contributed by atoms with Crippen LogP contribution in [0.5, 0.6) is 0 Å². The first-order chi connectivity index (χ1) is 14.8. The van der Waals surface area contributed by atoms with Crippen LogP contribution >= 0.6 is 0 Å². The van der Waals surface area contributed by atoms with Gasteiger partial charge in [-0.2, -0.15) is 4.31 Å². The van der Waals surface area contributed by atoms with Gasteiger partial charge in [0.2, 0.25) is 10.0 Å². The molecule has 0 spiro atoms. The normalized spacial score (nSPS) is 15.5. The van der Waals surface area contributed by atoms with Crippen molar-refractivity contribution in [2.75, 3.05) is 26.2 Å². The van der Waals surface area contributed by atoms with Crippen molar-refractivity contribution in [3.8, 4) is 0 Å². The molecule has 1 fully saturated rings. The van der Waals surface area contributed by atoms with Gasteiger partial charge in [0.25, 0.3) is 5.91 Å². The van der Waals surface area contributed by atoms with Gasteiger partial charge in [-0.3, -0.25) is 4.79 Å². The van der Waals surface area contributed by atoms with E-state index >= 15 is 0 Å². The SMILES string of the molecule is CC(C)c1ccc(S(=O)(=O)N2CCN(C(=O)c3cc4ccccc4oc3=O)CC2)cc1. The molecule has 4 rings (SSSR count). The summed E-state index contributed by atoms with van der Waals surface area (Å²) in [6, 6.07) is 15.4. The van der Waals surface area contributed by atoms with Crippen molar-refractivity contribution in [3.63, 3.8) is 0 Å². The second kappa shape index (κ2) is 8.28. The zero-order chi connectivity index (χ0) is 22.2. The highest BCUT2D eigenvalue weighted by molar-refractivity contribution is 7.89. The van der Waals surface area contributed by atoms with Crippen molar-refractivity contribution < 1.29 is 17.6 Å². The van der Waals surface area contributed by atoms with E-state index < -0.39 is 21.6 Å². The van der Waals surface area contributed by atoms with Gasteiger partial charge in [0.05, 0.1) is 4.90 Å². The fraction of sp³-hybridized carbons (Fsp3) is 0.304. The average molecular weight is 441 g/mol. The fourth-order valence-electron chi connectivity index (χ4n) is 3.69. The summed E-state index contributed by atoms with van der Waals surface area (Å²) >= 11 is 0. The minimum Gasteiger partial charge on any atom is -0.422 e. The van der Waals surface area contributed by atoms with Crippen molar-refractivity contribution in [2.45, 2.75) is 24.7 Å². The monoisotopic (exact) mass is 440 g/mol. The molecule has 1 aromatic heterocycles. The molecule has 0 radical (unpaired) electrons. The number of nitrogens with zero attached hydrogens (tertiary/aromatic N) is 2. The highest BCUT2D eigenvalue weighted by atomic mass is 32.2. The standard InChI is InChI=1S/C23H24N2O5S/c1-16(2)17-7-9-19(10-8-17)31(28,29)25-13-11-24(12-14-25)22(26)20-15-18-5-3-4-6-21(18)30-23(20)27/h3-10,15-16H,11-14H2,1-2H3. The van der Waals surface area contributed by atoms with Crippen molar-refractivity contribution >= 4 is 26.9 Å². The Morgan fingerprint density at radius 2 is 1.61 bits per heavy atom. The fourth-order valence-corrected chi connectivity index (χ4v) is 5.11. The molecule has 0 aliphatic carbocycles. The zero-order valence-corrected chi connectivity index (χ0v) is 18.3. The molecule has 2 aromatic carbocycles. The molecule has 1 aliphatic heterocycles. The van der Waals surface area contributed by atoms with Crippen LogP contribution in [0.25, 0.3) is 11.0 Å². The number of amides is 1. The first-order valence-corrected chi connectivity index (χ1v) is 11.6. The minimum absolute atomic E-state index is 0.0423. The number of benzene rings is 2. The molecule has 1 amide bonds. The second-order valence-electron chi connectivity index (χ2n) is 7.91. The van der Waals surface area contributed by atoms with Gasteiger partial charge in [0, 0.05) is 31.6 Å². The third-order valence-corrected chi connectivity index (χ3v) is 7.50. The van der Waals surface area contributed by atoms with Crippen LogP contribution in [0.3, 0.4) is 0 Å². The minimum atomic E-state index is -3.64. The molecular formula is C23H24N2O5S. The molecule has 1 aliphatic rings. The first kappa shape index (κ1) is 21.3. The third kappa shape index (κ3) is 4.13. The molecule has 2 heterocycles. The topological polar surface area (TPSA) is 87.9 Å². The van der Waals surface area contributed by atoms with E-state index in [1.165, 1.54) is 15.3 Å². The Morgan fingerprint density at radius 1 is 0.968 bits per heavy atom. The number of hydrogen-bond donors (Lipinski definition) is 0. The summed E-state index contributed by atoms with van der Waals surface area (Å²) < 4.78 is 32.6. The van der Waals surface area contributed by atoms with Crippen molar-refractivity contribution in [1.29, 1.82) is 0 Å². The molecule has 0 bridgehead atoms. The lowest BCUT2D eigenvalue weighted by Gasteiger charge is -2.33. The predicted octanol–water partition coefficient (Wildman–Crippen LogP) is 3.06. The number of fused-ring (bicyclic) bond motifs is 1. The van der Waals surface area contributed by atoms with Gasteiger partial charge in [0.1, 0.15) is 11.1 Å². The smallest absolute Gasteiger partial charge is 0.349 e. The Balaban J connectivity index is 1.48. The summed E-state index contributed by atoms with van der Waals surface area (Å²) in [7, 11) is -3.64. The molecule has 8 heteroatoms. The first-order valence-electron chi connectivity index (χ1n) is 10.2. The molecule has 31 heavy (non-hydrogen) atoms. The number of rotatable bonds is 4. The van der Waals surface area contributed by atoms with E-state index in [9.17, 15) is 18.0 Å². The number of sulfonamides is 1. The maximum atomic E-state index is 13.0. The molecule has 0 atom stereocenters. The van der Waals surface area contributed by atoms with Crippen LogP contribution in [0.2, 0.25) is 0 Å². The van der Waals surface area contributed by atoms with Crippen molar-refractivity contribution in [1.82, 2.24) is 9.21 Å². The number of carbonyl (C=O) groups is 1. The largest absolute Gasteiger partial charge is 0.422 e. The summed E-state index contributed by atoms with van der Waals surface area (Å²) in [5.41, 5.74) is 0.760. The van der Waals surface area contributed by atoms with Crippen LogP contribution in [0.4, 0.5) is 0 Å². The quantitative estimate of drug-likeness (QED) is 0.582.